The molecule has 0 aliphatic carbocycles. The maximum absolute atomic E-state index is 11.9. The number of anilines is 1. The minimum atomic E-state index is -3.41. The first-order valence-electron chi connectivity index (χ1n) is 6.76. The van der Waals surface area contributed by atoms with Gasteiger partial charge in [-0.2, -0.15) is 0 Å². The van der Waals surface area contributed by atoms with Crippen molar-refractivity contribution in [2.24, 2.45) is 5.73 Å². The van der Waals surface area contributed by atoms with Crippen LogP contribution in [0.25, 0.3) is 0 Å². The molecule has 1 rings (SSSR count). The van der Waals surface area contributed by atoms with Gasteiger partial charge in [-0.05, 0) is 44.5 Å². The zero-order chi connectivity index (χ0) is 15.9. The predicted octanol–water partition coefficient (Wildman–Crippen LogP) is 1.47. The van der Waals surface area contributed by atoms with E-state index >= 15 is 0 Å². The number of rotatable bonds is 6. The van der Waals surface area contributed by atoms with Gasteiger partial charge in [-0.3, -0.25) is 4.72 Å². The summed E-state index contributed by atoms with van der Waals surface area (Å²) >= 11 is 0. The molecule has 0 amide bonds. The number of sulfonamides is 1. The molecule has 0 aliphatic rings. The second-order valence-corrected chi connectivity index (χ2v) is 6.72. The van der Waals surface area contributed by atoms with Crippen LogP contribution in [0.15, 0.2) is 18.2 Å². The van der Waals surface area contributed by atoms with Crippen molar-refractivity contribution in [3.05, 3.63) is 29.3 Å². The molecule has 0 atom stereocenters. The van der Waals surface area contributed by atoms with Crippen molar-refractivity contribution in [3.63, 3.8) is 0 Å². The van der Waals surface area contributed by atoms with Gasteiger partial charge in [0.1, 0.15) is 0 Å². The van der Waals surface area contributed by atoms with Gasteiger partial charge < -0.3 is 10.5 Å². The van der Waals surface area contributed by atoms with E-state index < -0.39 is 10.0 Å². The Morgan fingerprint density at radius 3 is 2.67 bits per heavy atom. The van der Waals surface area contributed by atoms with Crippen LogP contribution in [0.2, 0.25) is 0 Å². The molecule has 0 heterocycles. The lowest BCUT2D eigenvalue weighted by atomic mass is 10.1. The molecule has 0 radical (unpaired) electrons. The van der Waals surface area contributed by atoms with E-state index in [0.717, 1.165) is 11.1 Å². The van der Waals surface area contributed by atoms with Crippen LogP contribution >= 0.6 is 0 Å². The second-order valence-electron chi connectivity index (χ2n) is 4.88. The third kappa shape index (κ3) is 6.63. The molecule has 0 aromatic heterocycles. The molecule has 0 bridgehead atoms. The minimum absolute atomic E-state index is 0.0165. The largest absolute Gasteiger partial charge is 0.378 e. The average molecular weight is 310 g/mol. The lowest BCUT2D eigenvalue weighted by molar-refractivity contribution is 0.0913. The third-order valence-electron chi connectivity index (χ3n) is 2.63. The van der Waals surface area contributed by atoms with Crippen LogP contribution in [-0.2, 0) is 14.8 Å². The predicted molar refractivity (Wildman–Crippen MR) is 85.6 cm³/mol. The van der Waals surface area contributed by atoms with E-state index in [4.69, 9.17) is 10.5 Å². The molecule has 1 aromatic rings. The summed E-state index contributed by atoms with van der Waals surface area (Å²) in [6, 6.07) is 5.22. The first kappa shape index (κ1) is 17.5. The summed E-state index contributed by atoms with van der Waals surface area (Å²) in [4.78, 5) is 0. The lowest BCUT2D eigenvalue weighted by Crippen LogP contribution is -2.21. The second kappa shape index (κ2) is 8.03. The van der Waals surface area contributed by atoms with Crippen molar-refractivity contribution in [1.29, 1.82) is 0 Å². The fourth-order valence-electron chi connectivity index (χ4n) is 1.64. The molecule has 0 saturated heterocycles. The van der Waals surface area contributed by atoms with Crippen LogP contribution in [-0.4, -0.2) is 33.4 Å². The summed E-state index contributed by atoms with van der Waals surface area (Å²) in [5, 5.41) is 0. The van der Waals surface area contributed by atoms with Crippen molar-refractivity contribution in [1.82, 2.24) is 0 Å². The quantitative estimate of drug-likeness (QED) is 0.780. The van der Waals surface area contributed by atoms with E-state index in [2.05, 4.69) is 16.6 Å². The number of ether oxygens (including phenoxy) is 1. The fourth-order valence-corrected chi connectivity index (χ4v) is 2.54. The van der Waals surface area contributed by atoms with Gasteiger partial charge in [0.15, 0.2) is 0 Å². The molecular weight excluding hydrogens is 288 g/mol. The molecule has 1 aromatic carbocycles. The van der Waals surface area contributed by atoms with Crippen LogP contribution in [0, 0.1) is 18.8 Å². The van der Waals surface area contributed by atoms with Gasteiger partial charge in [-0.15, -0.1) is 0 Å². The summed E-state index contributed by atoms with van der Waals surface area (Å²) in [6.45, 7) is 6.07. The summed E-state index contributed by atoms with van der Waals surface area (Å²) in [5.74, 6) is 5.64. The maximum atomic E-state index is 11.9. The Kier molecular flexibility index (Phi) is 6.69. The zero-order valence-corrected chi connectivity index (χ0v) is 13.5. The number of hydrogen-bond donors (Lipinski definition) is 2. The van der Waals surface area contributed by atoms with Crippen molar-refractivity contribution in [2.45, 2.75) is 26.9 Å². The molecule has 116 valence electrons. The summed E-state index contributed by atoms with van der Waals surface area (Å²) < 4.78 is 31.6. The molecule has 0 aliphatic heterocycles. The molecule has 0 saturated carbocycles. The molecule has 3 N–H and O–H groups in total. The Hall–Kier alpha value is -1.55. The van der Waals surface area contributed by atoms with Crippen LogP contribution in [0.3, 0.4) is 0 Å². The van der Waals surface area contributed by atoms with Gasteiger partial charge in [0.05, 0.1) is 25.0 Å². The first-order valence-corrected chi connectivity index (χ1v) is 8.41. The fraction of sp³-hybridized carbons (Fsp3) is 0.467. The number of hydrogen-bond acceptors (Lipinski definition) is 4. The Labute approximate surface area is 126 Å². The first-order chi connectivity index (χ1) is 9.84. The van der Waals surface area contributed by atoms with Crippen molar-refractivity contribution >= 4 is 15.7 Å². The molecule has 0 unspecified atom stereocenters. The smallest absolute Gasteiger partial charge is 0.235 e. The third-order valence-corrected chi connectivity index (χ3v) is 3.88. The topological polar surface area (TPSA) is 81.4 Å². The highest BCUT2D eigenvalue weighted by Crippen LogP contribution is 2.15. The van der Waals surface area contributed by atoms with E-state index in [1.54, 1.807) is 18.2 Å². The zero-order valence-electron chi connectivity index (χ0n) is 12.6. The van der Waals surface area contributed by atoms with Crippen molar-refractivity contribution < 1.29 is 13.2 Å². The Balaban J connectivity index is 2.72. The van der Waals surface area contributed by atoms with Crippen molar-refractivity contribution in [2.75, 3.05) is 23.6 Å². The SMILES string of the molecule is Cc1cc(NS(=O)(=O)CCOC(C)C)ccc1C#CCN. The summed E-state index contributed by atoms with van der Waals surface area (Å²) in [5.41, 5.74) is 7.59. The molecule has 0 spiro atoms. The highest BCUT2D eigenvalue weighted by atomic mass is 32.2. The number of nitrogens with two attached hydrogens (primary N) is 1. The summed E-state index contributed by atoms with van der Waals surface area (Å²) in [7, 11) is -3.41. The van der Waals surface area contributed by atoms with Gasteiger partial charge in [0.25, 0.3) is 0 Å². The molecule has 6 heteroatoms. The molecule has 0 fully saturated rings. The number of benzene rings is 1. The van der Waals surface area contributed by atoms with Gasteiger partial charge in [-0.25, -0.2) is 8.42 Å². The van der Waals surface area contributed by atoms with Crippen LogP contribution in [0.1, 0.15) is 25.0 Å². The molecular formula is C15H22N2O3S. The van der Waals surface area contributed by atoms with E-state index in [9.17, 15) is 8.42 Å². The number of aryl methyl sites for hydroxylation is 1. The van der Waals surface area contributed by atoms with Crippen LogP contribution < -0.4 is 10.5 Å². The Morgan fingerprint density at radius 2 is 2.10 bits per heavy atom. The highest BCUT2D eigenvalue weighted by molar-refractivity contribution is 7.92. The Morgan fingerprint density at radius 1 is 1.38 bits per heavy atom. The normalized spacial score (nSPS) is 11.1. The monoisotopic (exact) mass is 310 g/mol. The molecule has 21 heavy (non-hydrogen) atoms. The van der Waals surface area contributed by atoms with Gasteiger partial charge in [0.2, 0.25) is 10.0 Å². The van der Waals surface area contributed by atoms with E-state index in [0.29, 0.717) is 12.2 Å². The number of nitrogens with one attached hydrogen (secondary N) is 1. The van der Waals surface area contributed by atoms with Gasteiger partial charge in [0, 0.05) is 11.3 Å². The van der Waals surface area contributed by atoms with Crippen molar-refractivity contribution in [3.8, 4) is 11.8 Å². The lowest BCUT2D eigenvalue weighted by Gasteiger charge is -2.11. The van der Waals surface area contributed by atoms with Crippen LogP contribution in [0.4, 0.5) is 5.69 Å². The van der Waals surface area contributed by atoms with Gasteiger partial charge in [-0.1, -0.05) is 11.8 Å². The average Bonchev–Trinajstić information content (AvgIpc) is 2.36. The van der Waals surface area contributed by atoms with Gasteiger partial charge >= 0.3 is 0 Å². The van der Waals surface area contributed by atoms with E-state index in [1.807, 2.05) is 20.8 Å². The van der Waals surface area contributed by atoms with E-state index in [-0.39, 0.29) is 18.5 Å². The highest BCUT2D eigenvalue weighted by Gasteiger charge is 2.11. The standard InChI is InChI=1S/C15H22N2O3S/c1-12(2)20-9-10-21(18,19)17-15-7-6-14(5-4-8-16)13(3)11-15/h6-7,11-12,17H,8-10,16H2,1-3H3. The summed E-state index contributed by atoms with van der Waals surface area (Å²) in [6.07, 6.45) is 0.0165. The Bertz CT molecular complexity index is 628. The maximum Gasteiger partial charge on any atom is 0.235 e. The molecule has 5 nitrogen and oxygen atoms in total. The minimum Gasteiger partial charge on any atom is -0.378 e. The van der Waals surface area contributed by atoms with Crippen LogP contribution in [0.5, 0.6) is 0 Å². The van der Waals surface area contributed by atoms with E-state index in [1.165, 1.54) is 0 Å².